The molecule has 25 heavy (non-hydrogen) atoms. The molecule has 2 saturated carbocycles. The first-order valence-electron chi connectivity index (χ1n) is 9.97. The number of rotatable bonds is 1. The predicted molar refractivity (Wildman–Crippen MR) is 97.4 cm³/mol. The average Bonchev–Trinajstić information content (AvgIpc) is 3.22. The largest absolute Gasteiger partial charge is 0.393 e. The maximum Gasteiger partial charge on any atom is 0.0697 e. The maximum absolute atomic E-state index is 10.1. The van der Waals surface area contributed by atoms with Crippen molar-refractivity contribution in [3.63, 3.8) is 0 Å². The van der Waals surface area contributed by atoms with Gasteiger partial charge in [0.2, 0.25) is 0 Å². The van der Waals surface area contributed by atoms with E-state index in [9.17, 15) is 5.11 Å². The first kappa shape index (κ1) is 15.8. The molecule has 4 heteroatoms. The molecule has 0 unspecified atom stereocenters. The molecule has 1 N–H and O–H groups in total. The van der Waals surface area contributed by atoms with Crippen LogP contribution in [-0.4, -0.2) is 26.2 Å². The topological polar surface area (TPSA) is 50.9 Å². The third kappa shape index (κ3) is 2.09. The van der Waals surface area contributed by atoms with Crippen LogP contribution in [0.15, 0.2) is 30.1 Å². The van der Waals surface area contributed by atoms with E-state index in [4.69, 9.17) is 0 Å². The van der Waals surface area contributed by atoms with E-state index in [-0.39, 0.29) is 11.5 Å². The second-order valence-electron chi connectivity index (χ2n) is 9.28. The van der Waals surface area contributed by atoms with Crippen molar-refractivity contribution in [2.24, 2.45) is 28.6 Å². The molecule has 0 radical (unpaired) electrons. The Balaban J connectivity index is 1.48. The van der Waals surface area contributed by atoms with Gasteiger partial charge in [-0.05, 0) is 68.1 Å². The zero-order chi connectivity index (χ0) is 17.2. The van der Waals surface area contributed by atoms with Gasteiger partial charge in [0, 0.05) is 11.1 Å². The van der Waals surface area contributed by atoms with Crippen LogP contribution in [-0.2, 0) is 0 Å². The molecule has 5 rings (SSSR count). The van der Waals surface area contributed by atoms with E-state index in [1.165, 1.54) is 31.4 Å². The highest BCUT2D eigenvalue weighted by Gasteiger charge is 2.57. The average molecular weight is 339 g/mol. The molecular weight excluding hydrogens is 310 g/mol. The normalized spacial score (nSPS) is 45.9. The highest BCUT2D eigenvalue weighted by molar-refractivity contribution is 5.56. The van der Waals surface area contributed by atoms with Crippen molar-refractivity contribution < 1.29 is 5.11 Å². The Hall–Kier alpha value is -1.42. The zero-order valence-electron chi connectivity index (χ0n) is 15.4. The van der Waals surface area contributed by atoms with Gasteiger partial charge in [0.05, 0.1) is 18.5 Å². The minimum atomic E-state index is -0.114. The quantitative estimate of drug-likeness (QED) is 0.785. The fourth-order valence-electron chi connectivity index (χ4n) is 6.88. The molecule has 0 bridgehead atoms. The fourth-order valence-corrected chi connectivity index (χ4v) is 6.88. The number of aliphatic hydroxyl groups is 1. The first-order chi connectivity index (χ1) is 12.0. The molecule has 1 aromatic rings. The number of fused-ring (bicyclic) bond motifs is 5. The van der Waals surface area contributed by atoms with Gasteiger partial charge in [0.1, 0.15) is 0 Å². The fraction of sp³-hybridized carbons (Fsp3) is 0.714. The van der Waals surface area contributed by atoms with E-state index in [0.717, 1.165) is 31.1 Å². The first-order valence-corrected chi connectivity index (χ1v) is 9.97. The summed E-state index contributed by atoms with van der Waals surface area (Å²) in [6, 6.07) is 0. The molecule has 6 atom stereocenters. The number of aliphatic hydroxyl groups excluding tert-OH is 1. The zero-order valence-corrected chi connectivity index (χ0v) is 15.4. The number of nitrogens with zero attached hydrogens (tertiary/aromatic N) is 3. The second-order valence-corrected chi connectivity index (χ2v) is 9.28. The van der Waals surface area contributed by atoms with Gasteiger partial charge in [-0.1, -0.05) is 36.8 Å². The number of hydrogen-bond donors (Lipinski definition) is 1. The van der Waals surface area contributed by atoms with Gasteiger partial charge in [0.25, 0.3) is 0 Å². The summed E-state index contributed by atoms with van der Waals surface area (Å²) in [5, 5.41) is 18.4. The van der Waals surface area contributed by atoms with Gasteiger partial charge in [-0.3, -0.25) is 0 Å². The van der Waals surface area contributed by atoms with E-state index in [1.54, 1.807) is 11.8 Å². The predicted octanol–water partition coefficient (Wildman–Crippen LogP) is 4.05. The summed E-state index contributed by atoms with van der Waals surface area (Å²) in [4.78, 5) is 0. The number of allylic oxidation sites excluding steroid dienone is 3. The van der Waals surface area contributed by atoms with Crippen molar-refractivity contribution in [2.75, 3.05) is 0 Å². The van der Waals surface area contributed by atoms with E-state index in [2.05, 4.69) is 36.3 Å². The molecular formula is C21H29N3O. The molecule has 0 saturated heterocycles. The molecule has 2 fully saturated rings. The summed E-state index contributed by atoms with van der Waals surface area (Å²) in [6.07, 6.45) is 16.5. The summed E-state index contributed by atoms with van der Waals surface area (Å²) in [5.41, 5.74) is 3.47. The summed E-state index contributed by atoms with van der Waals surface area (Å²) < 4.78 is 2.00. The Morgan fingerprint density at radius 2 is 1.92 bits per heavy atom. The van der Waals surface area contributed by atoms with Crippen molar-refractivity contribution in [2.45, 2.75) is 64.9 Å². The standard InChI is InChI=1S/C21H29N3O/c1-20-9-7-15(25)13-14(20)3-4-16-17-5-6-19(24-12-11-22-23-24)21(17,2)10-8-18(16)20/h3,6,11-12,15-18,25H,4-5,7-10,13H2,1-2H3/t15-,16-,17-,18-,20-,21-/m0/s1. The van der Waals surface area contributed by atoms with Crippen LogP contribution in [0.1, 0.15) is 58.8 Å². The summed E-state index contributed by atoms with van der Waals surface area (Å²) >= 11 is 0. The van der Waals surface area contributed by atoms with Gasteiger partial charge < -0.3 is 5.11 Å². The van der Waals surface area contributed by atoms with Gasteiger partial charge in [-0.15, -0.1) is 5.10 Å². The number of aromatic nitrogens is 3. The van der Waals surface area contributed by atoms with Crippen LogP contribution in [0.25, 0.3) is 5.70 Å². The molecule has 0 spiro atoms. The molecule has 4 aliphatic carbocycles. The molecule has 1 aromatic heterocycles. The summed E-state index contributed by atoms with van der Waals surface area (Å²) in [7, 11) is 0. The van der Waals surface area contributed by atoms with E-state index in [0.29, 0.717) is 11.3 Å². The Bertz CT molecular complexity index is 736. The molecule has 1 heterocycles. The van der Waals surface area contributed by atoms with Crippen LogP contribution in [0.5, 0.6) is 0 Å². The SMILES string of the molecule is C[C@]12CC[C@H](O)CC1=CC[C@@H]1[C@@H]2CC[C@]2(C)C(n3ccnn3)=CC[C@@H]12. The van der Waals surface area contributed by atoms with Crippen LogP contribution in [0, 0.1) is 28.6 Å². The van der Waals surface area contributed by atoms with E-state index < -0.39 is 0 Å². The summed E-state index contributed by atoms with van der Waals surface area (Å²) in [6.45, 7) is 4.95. The van der Waals surface area contributed by atoms with Gasteiger partial charge >= 0.3 is 0 Å². The molecule has 0 amide bonds. The van der Waals surface area contributed by atoms with Crippen LogP contribution >= 0.6 is 0 Å². The minimum absolute atomic E-state index is 0.114. The van der Waals surface area contributed by atoms with Crippen LogP contribution in [0.4, 0.5) is 0 Å². The van der Waals surface area contributed by atoms with Crippen molar-refractivity contribution in [3.8, 4) is 0 Å². The lowest BCUT2D eigenvalue weighted by Gasteiger charge is -2.57. The van der Waals surface area contributed by atoms with Gasteiger partial charge in [0.15, 0.2) is 0 Å². The highest BCUT2D eigenvalue weighted by atomic mass is 16.3. The van der Waals surface area contributed by atoms with Crippen molar-refractivity contribution in [1.82, 2.24) is 15.0 Å². The smallest absolute Gasteiger partial charge is 0.0697 e. The Morgan fingerprint density at radius 1 is 1.08 bits per heavy atom. The van der Waals surface area contributed by atoms with Crippen molar-refractivity contribution in [3.05, 3.63) is 30.1 Å². The molecule has 0 aliphatic heterocycles. The van der Waals surface area contributed by atoms with Crippen LogP contribution in [0.2, 0.25) is 0 Å². The molecule has 0 aromatic carbocycles. The lowest BCUT2D eigenvalue weighted by Crippen LogP contribution is -2.50. The Morgan fingerprint density at radius 3 is 2.72 bits per heavy atom. The molecule has 4 nitrogen and oxygen atoms in total. The van der Waals surface area contributed by atoms with E-state index in [1.807, 2.05) is 10.9 Å². The molecule has 134 valence electrons. The van der Waals surface area contributed by atoms with Crippen molar-refractivity contribution >= 4 is 5.70 Å². The maximum atomic E-state index is 10.1. The highest BCUT2D eigenvalue weighted by Crippen LogP contribution is 2.65. The lowest BCUT2D eigenvalue weighted by molar-refractivity contribution is -0.0251. The molecule has 4 aliphatic rings. The number of hydrogen-bond acceptors (Lipinski definition) is 3. The Kier molecular flexibility index (Phi) is 3.35. The second kappa shape index (κ2) is 5.29. The Labute approximate surface area is 150 Å². The van der Waals surface area contributed by atoms with Crippen molar-refractivity contribution in [1.29, 1.82) is 0 Å². The van der Waals surface area contributed by atoms with Gasteiger partial charge in [-0.2, -0.15) is 0 Å². The minimum Gasteiger partial charge on any atom is -0.393 e. The van der Waals surface area contributed by atoms with Gasteiger partial charge in [-0.25, -0.2) is 4.68 Å². The monoisotopic (exact) mass is 339 g/mol. The van der Waals surface area contributed by atoms with E-state index >= 15 is 0 Å². The third-order valence-electron chi connectivity index (χ3n) is 8.29. The third-order valence-corrected chi connectivity index (χ3v) is 8.29. The lowest BCUT2D eigenvalue weighted by atomic mass is 9.48. The summed E-state index contributed by atoms with van der Waals surface area (Å²) in [5.74, 6) is 2.26. The van der Waals surface area contributed by atoms with Crippen LogP contribution < -0.4 is 0 Å². The van der Waals surface area contributed by atoms with Crippen LogP contribution in [0.3, 0.4) is 0 Å².